The Morgan fingerprint density at radius 2 is 1.61 bits per heavy atom. The lowest BCUT2D eigenvalue weighted by Crippen LogP contribution is -2.15. The smallest absolute Gasteiger partial charge is 0.337 e. The van der Waals surface area contributed by atoms with Gasteiger partial charge in [0.2, 0.25) is 0 Å². The molecule has 0 saturated heterocycles. The summed E-state index contributed by atoms with van der Waals surface area (Å²) in [4.78, 5) is 29.6. The van der Waals surface area contributed by atoms with Gasteiger partial charge in [-0.25, -0.2) is 4.79 Å². The number of hydrogen-bond donors (Lipinski definition) is 0. The summed E-state index contributed by atoms with van der Waals surface area (Å²) in [6, 6.07) is 23.2. The summed E-state index contributed by atoms with van der Waals surface area (Å²) < 4.78 is 7.66. The summed E-state index contributed by atoms with van der Waals surface area (Å²) in [7, 11) is 1.36. The van der Waals surface area contributed by atoms with Crippen molar-refractivity contribution in [3.8, 4) is 0 Å². The highest BCUT2D eigenvalue weighted by molar-refractivity contribution is 7.16. The Morgan fingerprint density at radius 1 is 0.935 bits per heavy atom. The molecule has 5 nitrogen and oxygen atoms in total. The van der Waals surface area contributed by atoms with Crippen LogP contribution < -0.4 is 4.80 Å². The van der Waals surface area contributed by atoms with Gasteiger partial charge in [-0.05, 0) is 54.8 Å². The maximum atomic E-state index is 12.8. The number of aryl methyl sites for hydroxylation is 1. The Balaban J connectivity index is 1.63. The summed E-state index contributed by atoms with van der Waals surface area (Å²) in [5.74, 6) is -0.670. The van der Waals surface area contributed by atoms with Crippen LogP contribution in [0.3, 0.4) is 0 Å². The third-order valence-corrected chi connectivity index (χ3v) is 6.11. The van der Waals surface area contributed by atoms with Gasteiger partial charge < -0.3 is 9.30 Å². The normalized spacial score (nSPS) is 11.6. The number of carbonyl (C=O) groups is 2. The first-order valence-corrected chi connectivity index (χ1v) is 10.8. The number of aromatic nitrogens is 1. The molecule has 0 atom stereocenters. The number of rotatable bonds is 5. The first-order chi connectivity index (χ1) is 15.1. The molecule has 0 aliphatic carbocycles. The summed E-state index contributed by atoms with van der Waals surface area (Å²) in [5, 5.41) is 0. The van der Waals surface area contributed by atoms with Crippen LogP contribution in [0.5, 0.6) is 0 Å². The molecule has 0 unspecified atom stereocenters. The lowest BCUT2D eigenvalue weighted by molar-refractivity contribution is 0.0601. The van der Waals surface area contributed by atoms with Crippen molar-refractivity contribution < 1.29 is 14.3 Å². The molecule has 0 aliphatic heterocycles. The molecule has 4 rings (SSSR count). The van der Waals surface area contributed by atoms with E-state index in [0.29, 0.717) is 22.5 Å². The van der Waals surface area contributed by atoms with E-state index in [9.17, 15) is 9.59 Å². The Kier molecular flexibility index (Phi) is 6.09. The number of esters is 1. The molecule has 0 radical (unpaired) electrons. The van der Waals surface area contributed by atoms with Crippen molar-refractivity contribution in [1.29, 1.82) is 0 Å². The molecule has 1 heterocycles. The zero-order chi connectivity index (χ0) is 21.8. The zero-order valence-electron chi connectivity index (χ0n) is 17.4. The van der Waals surface area contributed by atoms with Crippen LogP contribution in [-0.2, 0) is 17.7 Å². The molecule has 31 heavy (non-hydrogen) atoms. The average molecular weight is 431 g/mol. The van der Waals surface area contributed by atoms with E-state index in [2.05, 4.69) is 17.1 Å². The fourth-order valence-electron chi connectivity index (χ4n) is 3.46. The van der Waals surface area contributed by atoms with Gasteiger partial charge in [0.05, 0.1) is 22.9 Å². The van der Waals surface area contributed by atoms with E-state index < -0.39 is 0 Å². The molecule has 0 saturated carbocycles. The largest absolute Gasteiger partial charge is 0.465 e. The monoisotopic (exact) mass is 430 g/mol. The quantitative estimate of drug-likeness (QED) is 0.426. The minimum Gasteiger partial charge on any atom is -0.465 e. The number of ether oxygens (including phenoxy) is 1. The van der Waals surface area contributed by atoms with E-state index in [0.717, 1.165) is 22.2 Å². The van der Waals surface area contributed by atoms with Crippen LogP contribution in [-0.4, -0.2) is 23.6 Å². The highest BCUT2D eigenvalue weighted by atomic mass is 32.1. The van der Waals surface area contributed by atoms with Gasteiger partial charge in [0.1, 0.15) is 0 Å². The van der Waals surface area contributed by atoms with E-state index in [1.54, 1.807) is 12.1 Å². The molecule has 0 fully saturated rings. The SMILES string of the molecule is CCn1c(=NC(=O)c2ccc(Cc3ccccc3)cc2)sc2cc(C(=O)OC)ccc21. The molecular weight excluding hydrogens is 408 g/mol. The van der Waals surface area contributed by atoms with Crippen molar-refractivity contribution in [1.82, 2.24) is 4.57 Å². The minimum absolute atomic E-state index is 0.284. The number of fused-ring (bicyclic) bond motifs is 1. The van der Waals surface area contributed by atoms with Crippen molar-refractivity contribution in [2.24, 2.45) is 4.99 Å². The number of thiazole rings is 1. The molecule has 0 spiro atoms. The Morgan fingerprint density at radius 3 is 2.29 bits per heavy atom. The van der Waals surface area contributed by atoms with E-state index in [1.807, 2.05) is 60.0 Å². The molecule has 0 aliphatic rings. The fourth-order valence-corrected chi connectivity index (χ4v) is 4.59. The lowest BCUT2D eigenvalue weighted by Gasteiger charge is -2.03. The molecule has 1 aromatic heterocycles. The Hall–Kier alpha value is -3.51. The first kappa shape index (κ1) is 20.8. The van der Waals surface area contributed by atoms with Gasteiger partial charge in [0.15, 0.2) is 4.80 Å². The summed E-state index contributed by atoms with van der Waals surface area (Å²) >= 11 is 1.39. The van der Waals surface area contributed by atoms with Gasteiger partial charge in [-0.3, -0.25) is 4.79 Å². The predicted molar refractivity (Wildman–Crippen MR) is 122 cm³/mol. The maximum absolute atomic E-state index is 12.8. The van der Waals surface area contributed by atoms with Crippen molar-refractivity contribution in [3.05, 3.63) is 99.9 Å². The average Bonchev–Trinajstić information content (AvgIpc) is 3.15. The van der Waals surface area contributed by atoms with Crippen molar-refractivity contribution in [2.75, 3.05) is 7.11 Å². The topological polar surface area (TPSA) is 60.7 Å². The Labute approximate surface area is 184 Å². The molecule has 3 aromatic carbocycles. The highest BCUT2D eigenvalue weighted by Gasteiger charge is 2.12. The second kappa shape index (κ2) is 9.10. The summed E-state index contributed by atoms with van der Waals surface area (Å²) in [6.07, 6.45) is 0.821. The number of hydrogen-bond acceptors (Lipinski definition) is 4. The van der Waals surface area contributed by atoms with Gasteiger partial charge in [0.25, 0.3) is 5.91 Å². The van der Waals surface area contributed by atoms with Gasteiger partial charge in [-0.15, -0.1) is 0 Å². The third kappa shape index (κ3) is 4.49. The minimum atomic E-state index is -0.386. The molecule has 0 bridgehead atoms. The number of amides is 1. The second-order valence-corrected chi connectivity index (χ2v) is 8.09. The predicted octanol–water partition coefficient (Wildman–Crippen LogP) is 4.84. The van der Waals surface area contributed by atoms with Crippen LogP contribution in [0.2, 0.25) is 0 Å². The van der Waals surface area contributed by atoms with Crippen molar-refractivity contribution in [3.63, 3.8) is 0 Å². The van der Waals surface area contributed by atoms with Crippen LogP contribution in [0.1, 0.15) is 38.8 Å². The molecule has 4 aromatic rings. The lowest BCUT2D eigenvalue weighted by atomic mass is 10.0. The van der Waals surface area contributed by atoms with Gasteiger partial charge >= 0.3 is 5.97 Å². The zero-order valence-corrected chi connectivity index (χ0v) is 18.2. The van der Waals surface area contributed by atoms with E-state index in [-0.39, 0.29) is 11.9 Å². The molecule has 6 heteroatoms. The Bertz CT molecular complexity index is 1300. The van der Waals surface area contributed by atoms with Gasteiger partial charge in [-0.1, -0.05) is 53.8 Å². The first-order valence-electron chi connectivity index (χ1n) is 10.0. The molecule has 156 valence electrons. The number of carbonyl (C=O) groups excluding carboxylic acids is 2. The highest BCUT2D eigenvalue weighted by Crippen LogP contribution is 2.20. The molecular formula is C25H22N2O3S. The van der Waals surface area contributed by atoms with Gasteiger partial charge in [0, 0.05) is 12.1 Å². The number of nitrogens with zero attached hydrogens (tertiary/aromatic N) is 2. The second-order valence-electron chi connectivity index (χ2n) is 7.08. The fraction of sp³-hybridized carbons (Fsp3) is 0.160. The number of benzene rings is 3. The van der Waals surface area contributed by atoms with E-state index in [4.69, 9.17) is 4.74 Å². The van der Waals surface area contributed by atoms with Crippen LogP contribution in [0, 0.1) is 0 Å². The summed E-state index contributed by atoms with van der Waals surface area (Å²) in [6.45, 7) is 2.67. The van der Waals surface area contributed by atoms with E-state index in [1.165, 1.54) is 24.0 Å². The number of methoxy groups -OCH3 is 1. The van der Waals surface area contributed by atoms with Crippen LogP contribution in [0.4, 0.5) is 0 Å². The standard InChI is InChI=1S/C25H22N2O3S/c1-3-27-21-14-13-20(24(29)30-2)16-22(21)31-25(27)26-23(28)19-11-9-18(10-12-19)15-17-7-5-4-6-8-17/h4-14,16H,3,15H2,1-2H3. The third-order valence-electron chi connectivity index (χ3n) is 5.07. The van der Waals surface area contributed by atoms with Crippen LogP contribution >= 0.6 is 11.3 Å². The van der Waals surface area contributed by atoms with E-state index >= 15 is 0 Å². The maximum Gasteiger partial charge on any atom is 0.337 e. The van der Waals surface area contributed by atoms with Gasteiger partial charge in [-0.2, -0.15) is 4.99 Å². The molecule has 0 N–H and O–H groups in total. The van der Waals surface area contributed by atoms with Crippen LogP contribution in [0.15, 0.2) is 77.8 Å². The van der Waals surface area contributed by atoms with Crippen LogP contribution in [0.25, 0.3) is 10.2 Å². The molecule has 1 amide bonds. The summed E-state index contributed by atoms with van der Waals surface area (Å²) in [5.41, 5.74) is 4.33. The van der Waals surface area contributed by atoms with Crippen molar-refractivity contribution in [2.45, 2.75) is 19.9 Å². The van der Waals surface area contributed by atoms with Crippen molar-refractivity contribution >= 4 is 33.4 Å².